The average molecular weight is 249 g/mol. The van der Waals surface area contributed by atoms with Gasteiger partial charge in [-0.2, -0.15) is 0 Å². The van der Waals surface area contributed by atoms with Gasteiger partial charge in [0.25, 0.3) is 0 Å². The number of carbonyl (C=O) groups excluding carboxylic acids is 1. The molecule has 18 heavy (non-hydrogen) atoms. The fourth-order valence-electron chi connectivity index (χ4n) is 1.47. The van der Waals surface area contributed by atoms with Gasteiger partial charge in [-0.05, 0) is 38.8 Å². The fraction of sp³-hybridized carbons (Fsp3) is 0.533. The first kappa shape index (κ1) is 14.6. The smallest absolute Gasteiger partial charge is 0.220 e. The van der Waals surface area contributed by atoms with Gasteiger partial charge in [-0.25, -0.2) is 0 Å². The molecule has 3 heteroatoms. The van der Waals surface area contributed by atoms with Crippen molar-refractivity contribution in [3.05, 3.63) is 30.3 Å². The van der Waals surface area contributed by atoms with Crippen LogP contribution in [0.2, 0.25) is 0 Å². The molecule has 0 unspecified atom stereocenters. The van der Waals surface area contributed by atoms with Crippen LogP contribution in [-0.2, 0) is 4.79 Å². The van der Waals surface area contributed by atoms with Gasteiger partial charge in [0.2, 0.25) is 5.91 Å². The predicted molar refractivity (Wildman–Crippen MR) is 73.7 cm³/mol. The summed E-state index contributed by atoms with van der Waals surface area (Å²) in [5.74, 6) is 0.949. The number of carbonyl (C=O) groups is 1. The van der Waals surface area contributed by atoms with Crippen LogP contribution in [0.5, 0.6) is 5.75 Å². The molecule has 100 valence electrons. The first-order chi connectivity index (χ1) is 8.53. The summed E-state index contributed by atoms with van der Waals surface area (Å²) in [5, 5.41) is 3.01. The molecule has 0 heterocycles. The van der Waals surface area contributed by atoms with E-state index in [9.17, 15) is 4.79 Å². The van der Waals surface area contributed by atoms with Crippen molar-refractivity contribution in [3.8, 4) is 5.75 Å². The normalized spacial score (nSPS) is 11.1. The van der Waals surface area contributed by atoms with Crippen LogP contribution >= 0.6 is 0 Å². The lowest BCUT2D eigenvalue weighted by Gasteiger charge is -2.24. The SMILES string of the molecule is CCC(C)(C)NC(=O)CCCOc1ccccc1. The van der Waals surface area contributed by atoms with Gasteiger partial charge in [0.1, 0.15) is 5.75 Å². The number of benzene rings is 1. The van der Waals surface area contributed by atoms with E-state index in [1.165, 1.54) is 0 Å². The summed E-state index contributed by atoms with van der Waals surface area (Å²) >= 11 is 0. The highest BCUT2D eigenvalue weighted by atomic mass is 16.5. The van der Waals surface area contributed by atoms with E-state index >= 15 is 0 Å². The van der Waals surface area contributed by atoms with Crippen LogP contribution in [0, 0.1) is 0 Å². The first-order valence-electron chi connectivity index (χ1n) is 6.52. The maximum Gasteiger partial charge on any atom is 0.220 e. The van der Waals surface area contributed by atoms with Crippen molar-refractivity contribution in [1.29, 1.82) is 0 Å². The van der Waals surface area contributed by atoms with Crippen LogP contribution in [0.4, 0.5) is 0 Å². The van der Waals surface area contributed by atoms with E-state index in [1.54, 1.807) is 0 Å². The maximum absolute atomic E-state index is 11.7. The molecular formula is C15H23NO2. The molecule has 0 aliphatic rings. The van der Waals surface area contributed by atoms with Crippen molar-refractivity contribution in [1.82, 2.24) is 5.32 Å². The molecule has 0 radical (unpaired) electrons. The van der Waals surface area contributed by atoms with Crippen LogP contribution < -0.4 is 10.1 Å². The van der Waals surface area contributed by atoms with Crippen molar-refractivity contribution >= 4 is 5.91 Å². The Hall–Kier alpha value is -1.51. The Kier molecular flexibility index (Phi) is 5.69. The predicted octanol–water partition coefficient (Wildman–Crippen LogP) is 3.15. The second kappa shape index (κ2) is 7.04. The van der Waals surface area contributed by atoms with Gasteiger partial charge < -0.3 is 10.1 Å². The highest BCUT2D eigenvalue weighted by Crippen LogP contribution is 2.10. The minimum atomic E-state index is -0.114. The molecule has 1 rings (SSSR count). The van der Waals surface area contributed by atoms with Crippen molar-refractivity contribution in [2.75, 3.05) is 6.61 Å². The molecule has 0 fully saturated rings. The van der Waals surface area contributed by atoms with Gasteiger partial charge >= 0.3 is 0 Å². The van der Waals surface area contributed by atoms with Gasteiger partial charge in [-0.3, -0.25) is 4.79 Å². The molecule has 0 atom stereocenters. The van der Waals surface area contributed by atoms with Crippen LogP contribution in [0.3, 0.4) is 0 Å². The molecule has 0 aliphatic heterocycles. The van der Waals surface area contributed by atoms with Crippen LogP contribution in [0.1, 0.15) is 40.0 Å². The Bertz CT molecular complexity index is 360. The zero-order chi connectivity index (χ0) is 13.4. The fourth-order valence-corrected chi connectivity index (χ4v) is 1.47. The minimum Gasteiger partial charge on any atom is -0.494 e. The quantitative estimate of drug-likeness (QED) is 0.754. The number of amides is 1. The number of hydrogen-bond acceptors (Lipinski definition) is 2. The summed E-state index contributed by atoms with van der Waals surface area (Å²) in [6.45, 7) is 6.71. The van der Waals surface area contributed by atoms with E-state index in [1.807, 2.05) is 44.2 Å². The molecule has 0 saturated carbocycles. The van der Waals surface area contributed by atoms with Crippen molar-refractivity contribution in [3.63, 3.8) is 0 Å². The van der Waals surface area contributed by atoms with Crippen LogP contribution in [0.15, 0.2) is 30.3 Å². The molecule has 0 aromatic heterocycles. The number of rotatable bonds is 7. The Morgan fingerprint density at radius 1 is 1.28 bits per heavy atom. The molecule has 0 saturated heterocycles. The highest BCUT2D eigenvalue weighted by molar-refractivity contribution is 5.76. The lowest BCUT2D eigenvalue weighted by atomic mass is 10.0. The zero-order valence-corrected chi connectivity index (χ0v) is 11.5. The van der Waals surface area contributed by atoms with E-state index in [0.717, 1.165) is 18.6 Å². The third-order valence-electron chi connectivity index (χ3n) is 2.92. The maximum atomic E-state index is 11.7. The molecule has 1 N–H and O–H groups in total. The van der Waals surface area contributed by atoms with E-state index in [-0.39, 0.29) is 11.4 Å². The molecule has 1 amide bonds. The van der Waals surface area contributed by atoms with Gasteiger partial charge in [-0.1, -0.05) is 25.1 Å². The van der Waals surface area contributed by atoms with Gasteiger partial charge in [-0.15, -0.1) is 0 Å². The van der Waals surface area contributed by atoms with E-state index in [4.69, 9.17) is 4.74 Å². The summed E-state index contributed by atoms with van der Waals surface area (Å²) in [6, 6.07) is 9.66. The summed E-state index contributed by atoms with van der Waals surface area (Å²) in [6.07, 6.45) is 2.18. The topological polar surface area (TPSA) is 38.3 Å². The minimum absolute atomic E-state index is 0.0958. The van der Waals surface area contributed by atoms with Crippen molar-refractivity contribution in [2.24, 2.45) is 0 Å². The summed E-state index contributed by atoms with van der Waals surface area (Å²) in [7, 11) is 0. The Balaban J connectivity index is 2.17. The summed E-state index contributed by atoms with van der Waals surface area (Å²) in [4.78, 5) is 11.7. The lowest BCUT2D eigenvalue weighted by molar-refractivity contribution is -0.122. The van der Waals surface area contributed by atoms with E-state index in [0.29, 0.717) is 13.0 Å². The Labute approximate surface area is 110 Å². The molecular weight excluding hydrogens is 226 g/mol. The van der Waals surface area contributed by atoms with Crippen LogP contribution in [0.25, 0.3) is 0 Å². The second-order valence-electron chi connectivity index (χ2n) is 5.05. The molecule has 1 aromatic carbocycles. The molecule has 0 spiro atoms. The summed E-state index contributed by atoms with van der Waals surface area (Å²) in [5.41, 5.74) is -0.114. The molecule has 3 nitrogen and oxygen atoms in total. The van der Waals surface area contributed by atoms with Gasteiger partial charge in [0.05, 0.1) is 6.61 Å². The monoisotopic (exact) mass is 249 g/mol. The number of ether oxygens (including phenoxy) is 1. The van der Waals surface area contributed by atoms with Crippen molar-refractivity contribution in [2.45, 2.75) is 45.6 Å². The highest BCUT2D eigenvalue weighted by Gasteiger charge is 2.17. The Morgan fingerprint density at radius 2 is 1.94 bits per heavy atom. The van der Waals surface area contributed by atoms with E-state index in [2.05, 4.69) is 12.2 Å². The largest absolute Gasteiger partial charge is 0.494 e. The molecule has 1 aromatic rings. The number of nitrogens with one attached hydrogen (secondary N) is 1. The number of hydrogen-bond donors (Lipinski definition) is 1. The lowest BCUT2D eigenvalue weighted by Crippen LogP contribution is -2.42. The van der Waals surface area contributed by atoms with Crippen LogP contribution in [-0.4, -0.2) is 18.1 Å². The second-order valence-corrected chi connectivity index (χ2v) is 5.05. The summed E-state index contributed by atoms with van der Waals surface area (Å²) < 4.78 is 5.53. The molecule has 0 aliphatic carbocycles. The van der Waals surface area contributed by atoms with E-state index < -0.39 is 0 Å². The Morgan fingerprint density at radius 3 is 2.56 bits per heavy atom. The standard InChI is InChI=1S/C15H23NO2/c1-4-15(2,3)16-14(17)11-8-12-18-13-9-6-5-7-10-13/h5-7,9-10H,4,8,11-12H2,1-3H3,(H,16,17). The van der Waals surface area contributed by atoms with Gasteiger partial charge in [0.15, 0.2) is 0 Å². The van der Waals surface area contributed by atoms with Gasteiger partial charge in [0, 0.05) is 12.0 Å². The molecule has 0 bridgehead atoms. The first-order valence-corrected chi connectivity index (χ1v) is 6.52. The average Bonchev–Trinajstić information content (AvgIpc) is 2.35. The number of para-hydroxylation sites is 1. The zero-order valence-electron chi connectivity index (χ0n) is 11.5. The third kappa shape index (κ3) is 5.71. The van der Waals surface area contributed by atoms with Crippen molar-refractivity contribution < 1.29 is 9.53 Å². The third-order valence-corrected chi connectivity index (χ3v) is 2.92.